The number of carbonyl (C=O) groups excluding carboxylic acids is 1. The second kappa shape index (κ2) is 6.55. The lowest BCUT2D eigenvalue weighted by Crippen LogP contribution is -2.39. The Morgan fingerprint density at radius 3 is 2.46 bits per heavy atom. The fraction of sp³-hybridized carbons (Fsp3) is 0.444. The molecule has 0 saturated carbocycles. The first-order chi connectivity index (χ1) is 11.5. The lowest BCUT2D eigenvalue weighted by Gasteiger charge is -2.29. The Morgan fingerprint density at radius 2 is 1.88 bits per heavy atom. The van der Waals surface area contributed by atoms with Gasteiger partial charge in [0.25, 0.3) is 11.7 Å². The van der Waals surface area contributed by atoms with Gasteiger partial charge in [0.15, 0.2) is 18.0 Å². The molecule has 2 aromatic rings. The minimum absolute atomic E-state index is 0.134. The maximum Gasteiger partial charge on any atom is 0.265 e. The van der Waals surface area contributed by atoms with Crippen molar-refractivity contribution in [2.75, 3.05) is 20.8 Å². The molecule has 0 radical (unpaired) electrons. The van der Waals surface area contributed by atoms with Crippen molar-refractivity contribution >= 4 is 5.91 Å². The summed E-state index contributed by atoms with van der Waals surface area (Å²) in [6.45, 7) is 3.72. The number of nitrogens with zero attached hydrogens (tertiary/aromatic N) is 3. The Balaban J connectivity index is 1.76. The minimum atomic E-state index is 0.134. The molecule has 0 unspecified atom stereocenters. The van der Waals surface area contributed by atoms with Crippen LogP contribution in [-0.4, -0.2) is 36.1 Å². The Labute approximate surface area is 142 Å². The van der Waals surface area contributed by atoms with E-state index in [1.807, 2.05) is 52.5 Å². The fourth-order valence-electron chi connectivity index (χ4n) is 3.11. The van der Waals surface area contributed by atoms with E-state index in [9.17, 15) is 4.79 Å². The van der Waals surface area contributed by atoms with E-state index in [1.165, 1.54) is 5.56 Å². The smallest absolute Gasteiger partial charge is 0.265 e. The third-order valence-corrected chi connectivity index (χ3v) is 4.77. The average molecular weight is 330 g/mol. The van der Waals surface area contributed by atoms with Crippen molar-refractivity contribution in [3.63, 3.8) is 0 Å². The van der Waals surface area contributed by atoms with Gasteiger partial charge in [0.2, 0.25) is 0 Å². The maximum absolute atomic E-state index is 12.7. The molecule has 0 aliphatic carbocycles. The fourth-order valence-corrected chi connectivity index (χ4v) is 3.11. The summed E-state index contributed by atoms with van der Waals surface area (Å²) in [6, 6.07) is 4.00. The molecule has 1 aromatic heterocycles. The molecule has 6 nitrogen and oxygen atoms in total. The summed E-state index contributed by atoms with van der Waals surface area (Å²) in [6.07, 6.45) is 4.74. The molecule has 0 fully saturated rings. The Kier molecular flexibility index (Phi) is 4.46. The quantitative estimate of drug-likeness (QED) is 0.792. The summed E-state index contributed by atoms with van der Waals surface area (Å²) in [7, 11) is 5.25. The highest BCUT2D eigenvalue weighted by Crippen LogP contribution is 2.33. The number of ether oxygens (including phenoxy) is 2. The summed E-state index contributed by atoms with van der Waals surface area (Å²) in [5, 5.41) is 0. The molecule has 0 saturated heterocycles. The zero-order valence-corrected chi connectivity index (χ0v) is 14.7. The van der Waals surface area contributed by atoms with Crippen LogP contribution in [-0.2, 0) is 31.4 Å². The lowest BCUT2D eigenvalue weighted by molar-refractivity contribution is -0.677. The summed E-state index contributed by atoms with van der Waals surface area (Å²) >= 11 is 0. The van der Waals surface area contributed by atoms with E-state index < -0.39 is 0 Å². The number of imidazole rings is 1. The lowest BCUT2D eigenvalue weighted by atomic mass is 9.98. The van der Waals surface area contributed by atoms with Gasteiger partial charge >= 0.3 is 0 Å². The second-order valence-electron chi connectivity index (χ2n) is 6.13. The first-order valence-electron chi connectivity index (χ1n) is 8.06. The number of fused-ring (bicyclic) bond motifs is 1. The van der Waals surface area contributed by atoms with Gasteiger partial charge in [-0.3, -0.25) is 4.79 Å². The average Bonchev–Trinajstić information content (AvgIpc) is 2.91. The zero-order valence-electron chi connectivity index (χ0n) is 14.7. The number of benzene rings is 1. The molecule has 6 heteroatoms. The molecule has 0 bridgehead atoms. The van der Waals surface area contributed by atoms with Crippen molar-refractivity contribution in [1.82, 2.24) is 9.47 Å². The maximum atomic E-state index is 12.7. The number of hydrogen-bond donors (Lipinski definition) is 0. The van der Waals surface area contributed by atoms with Crippen molar-refractivity contribution in [1.29, 1.82) is 0 Å². The second-order valence-corrected chi connectivity index (χ2v) is 6.13. The molecule has 1 amide bonds. The molecule has 1 aromatic carbocycles. The highest BCUT2D eigenvalue weighted by atomic mass is 16.5. The normalized spacial score (nSPS) is 13.6. The molecule has 1 aliphatic rings. The van der Waals surface area contributed by atoms with E-state index in [1.54, 1.807) is 14.2 Å². The molecular formula is C18H24N3O3+. The molecule has 1 aliphatic heterocycles. The third kappa shape index (κ3) is 2.96. The largest absolute Gasteiger partial charge is 0.493 e. The topological polar surface area (TPSA) is 47.6 Å². The number of hydrogen-bond acceptors (Lipinski definition) is 3. The molecule has 2 heterocycles. The zero-order chi connectivity index (χ0) is 17.3. The van der Waals surface area contributed by atoms with Crippen LogP contribution in [0.25, 0.3) is 0 Å². The molecule has 24 heavy (non-hydrogen) atoms. The van der Waals surface area contributed by atoms with Gasteiger partial charge in [-0.25, -0.2) is 9.13 Å². The first-order valence-corrected chi connectivity index (χ1v) is 8.06. The van der Waals surface area contributed by atoms with E-state index >= 15 is 0 Å². The first kappa shape index (κ1) is 16.4. The van der Waals surface area contributed by atoms with E-state index in [2.05, 4.69) is 0 Å². The molecule has 0 spiro atoms. The van der Waals surface area contributed by atoms with Gasteiger partial charge in [-0.05, 0) is 29.7 Å². The summed E-state index contributed by atoms with van der Waals surface area (Å²) in [5.41, 5.74) is 2.35. The van der Waals surface area contributed by atoms with E-state index in [-0.39, 0.29) is 5.91 Å². The standard InChI is InChI=1S/C18H24N3O3/c1-13-19(2)7-8-20(13)12-18(22)21-6-5-14-9-16(23-3)17(24-4)10-15(14)11-21/h7-10H,5-6,11-12H2,1-4H3/q+1. The van der Waals surface area contributed by atoms with Crippen LogP contribution in [0.15, 0.2) is 24.5 Å². The van der Waals surface area contributed by atoms with Crippen molar-refractivity contribution in [2.45, 2.75) is 26.4 Å². The monoisotopic (exact) mass is 330 g/mol. The van der Waals surface area contributed by atoms with Gasteiger partial charge < -0.3 is 14.4 Å². The predicted octanol–water partition coefficient (Wildman–Crippen LogP) is 1.22. The predicted molar refractivity (Wildman–Crippen MR) is 89.0 cm³/mol. The number of aromatic nitrogens is 2. The number of rotatable bonds is 4. The van der Waals surface area contributed by atoms with Crippen LogP contribution in [0.5, 0.6) is 11.5 Å². The van der Waals surface area contributed by atoms with Gasteiger partial charge in [0.1, 0.15) is 12.4 Å². The van der Waals surface area contributed by atoms with Gasteiger partial charge in [-0.15, -0.1) is 0 Å². The van der Waals surface area contributed by atoms with Crippen LogP contribution < -0.4 is 14.0 Å². The highest BCUT2D eigenvalue weighted by molar-refractivity contribution is 5.76. The van der Waals surface area contributed by atoms with Crippen LogP contribution in [0, 0.1) is 6.92 Å². The third-order valence-electron chi connectivity index (χ3n) is 4.77. The van der Waals surface area contributed by atoms with Crippen LogP contribution in [0.3, 0.4) is 0 Å². The van der Waals surface area contributed by atoms with Crippen molar-refractivity contribution in [3.05, 3.63) is 41.5 Å². The van der Waals surface area contributed by atoms with E-state index in [0.29, 0.717) is 18.8 Å². The minimum Gasteiger partial charge on any atom is -0.493 e. The number of methoxy groups -OCH3 is 2. The SMILES string of the molecule is COc1cc2c(cc1OC)CN(C(=O)Cn1cc[n+](C)c1C)CC2. The Morgan fingerprint density at radius 1 is 1.21 bits per heavy atom. The number of carbonyl (C=O) groups is 1. The Hall–Kier alpha value is -2.50. The molecular weight excluding hydrogens is 306 g/mol. The summed E-state index contributed by atoms with van der Waals surface area (Å²) < 4.78 is 14.7. The van der Waals surface area contributed by atoms with Crippen molar-refractivity contribution < 1.29 is 18.8 Å². The number of aryl methyl sites for hydroxylation is 1. The van der Waals surface area contributed by atoms with Crippen LogP contribution >= 0.6 is 0 Å². The van der Waals surface area contributed by atoms with Gasteiger partial charge in [-0.1, -0.05) is 0 Å². The van der Waals surface area contributed by atoms with Crippen LogP contribution in [0.2, 0.25) is 0 Å². The molecule has 0 N–H and O–H groups in total. The molecule has 128 valence electrons. The van der Waals surface area contributed by atoms with Crippen molar-refractivity contribution in [2.24, 2.45) is 7.05 Å². The number of amides is 1. The van der Waals surface area contributed by atoms with E-state index in [4.69, 9.17) is 9.47 Å². The van der Waals surface area contributed by atoms with Gasteiger partial charge in [-0.2, -0.15) is 0 Å². The van der Waals surface area contributed by atoms with Gasteiger partial charge in [0.05, 0.1) is 21.3 Å². The van der Waals surface area contributed by atoms with Gasteiger partial charge in [0, 0.05) is 20.0 Å². The van der Waals surface area contributed by atoms with Crippen molar-refractivity contribution in [3.8, 4) is 11.5 Å². The van der Waals surface area contributed by atoms with Crippen LogP contribution in [0.1, 0.15) is 17.0 Å². The molecule has 3 rings (SSSR count). The highest BCUT2D eigenvalue weighted by Gasteiger charge is 2.24. The molecule has 0 atom stereocenters. The summed E-state index contributed by atoms with van der Waals surface area (Å²) in [4.78, 5) is 14.6. The van der Waals surface area contributed by atoms with Crippen LogP contribution in [0.4, 0.5) is 0 Å². The summed E-state index contributed by atoms with van der Waals surface area (Å²) in [5.74, 6) is 2.65. The van der Waals surface area contributed by atoms with E-state index in [0.717, 1.165) is 30.1 Å². The Bertz CT molecular complexity index is 767.